The van der Waals surface area contributed by atoms with Crippen molar-refractivity contribution in [3.63, 3.8) is 0 Å². The monoisotopic (exact) mass is 697 g/mol. The minimum atomic E-state index is -0.119. The molecule has 0 radical (unpaired) electrons. The second-order valence-electron chi connectivity index (χ2n) is 18.5. The van der Waals surface area contributed by atoms with Gasteiger partial charge in [0.2, 0.25) is 5.91 Å². The Bertz CT molecular complexity index is 975. The fourth-order valence-electron chi connectivity index (χ4n) is 11.9. The molecule has 290 valence electrons. The number of amides is 1. The maximum Gasteiger partial charge on any atom is 0.220 e. The molecule has 0 spiro atoms. The Kier molecular flexibility index (Phi) is 18.2. The molecule has 4 aliphatic carbocycles. The van der Waals surface area contributed by atoms with Gasteiger partial charge in [-0.1, -0.05) is 136 Å². The van der Waals surface area contributed by atoms with Gasteiger partial charge in [-0.2, -0.15) is 0 Å². The van der Waals surface area contributed by atoms with Gasteiger partial charge in [-0.15, -0.1) is 0 Å². The Balaban J connectivity index is 1.17. The Morgan fingerprint density at radius 1 is 0.800 bits per heavy atom. The fraction of sp³-hybridized carbons (Fsp3) is 0.935. The van der Waals surface area contributed by atoms with Crippen LogP contribution in [-0.4, -0.2) is 48.2 Å². The summed E-state index contributed by atoms with van der Waals surface area (Å²) in [6.45, 7) is 16.5. The van der Waals surface area contributed by atoms with E-state index in [2.05, 4.69) is 50.9 Å². The summed E-state index contributed by atoms with van der Waals surface area (Å²) in [6, 6.07) is 0. The summed E-state index contributed by atoms with van der Waals surface area (Å²) in [5.41, 5.74) is 2.33. The molecule has 2 N–H and O–H groups in total. The lowest BCUT2D eigenvalue weighted by atomic mass is 9.47. The van der Waals surface area contributed by atoms with Crippen LogP contribution in [0.3, 0.4) is 0 Å². The Morgan fingerprint density at radius 2 is 1.40 bits per heavy atom. The highest BCUT2D eigenvalue weighted by Crippen LogP contribution is 2.67. The highest BCUT2D eigenvalue weighted by atomic mass is 16.3. The van der Waals surface area contributed by atoms with Gasteiger partial charge >= 0.3 is 0 Å². The summed E-state index contributed by atoms with van der Waals surface area (Å²) in [5.74, 6) is 4.09. The highest BCUT2D eigenvalue weighted by molar-refractivity contribution is 5.75. The van der Waals surface area contributed by atoms with Crippen LogP contribution < -0.4 is 5.32 Å². The van der Waals surface area contributed by atoms with Crippen molar-refractivity contribution in [2.24, 2.45) is 40.4 Å². The van der Waals surface area contributed by atoms with E-state index in [9.17, 15) is 9.90 Å². The van der Waals surface area contributed by atoms with Crippen LogP contribution in [0.25, 0.3) is 0 Å². The molecule has 4 aliphatic rings. The number of nitrogens with one attached hydrogen (secondary N) is 1. The smallest absolute Gasteiger partial charge is 0.220 e. The summed E-state index contributed by atoms with van der Waals surface area (Å²) in [6.07, 6.45) is 35.9. The topological polar surface area (TPSA) is 52.6 Å². The van der Waals surface area contributed by atoms with Crippen molar-refractivity contribution in [3.05, 3.63) is 11.6 Å². The number of hydrogen-bond donors (Lipinski definition) is 2. The first kappa shape index (κ1) is 41.9. The van der Waals surface area contributed by atoms with E-state index in [1.54, 1.807) is 5.57 Å². The maximum absolute atomic E-state index is 13.1. The molecule has 4 heteroatoms. The lowest BCUT2D eigenvalue weighted by Gasteiger charge is -2.58. The van der Waals surface area contributed by atoms with Gasteiger partial charge in [-0.05, 0) is 124 Å². The molecule has 4 nitrogen and oxygen atoms in total. The van der Waals surface area contributed by atoms with Gasteiger partial charge in [-0.3, -0.25) is 4.79 Å². The molecule has 0 unspecified atom stereocenters. The molecule has 0 aromatic heterocycles. The lowest BCUT2D eigenvalue weighted by molar-refractivity contribution is -0.121. The zero-order valence-corrected chi connectivity index (χ0v) is 34.1. The number of rotatable bonds is 25. The number of aliphatic hydroxyl groups is 1. The molecule has 0 saturated heterocycles. The van der Waals surface area contributed by atoms with Crippen LogP contribution in [0.5, 0.6) is 0 Å². The van der Waals surface area contributed by atoms with E-state index in [4.69, 9.17) is 0 Å². The molecule has 1 amide bonds. The standard InChI is InChI=1S/C46H84N2O2/c1-6-8-10-12-14-16-18-20-33-48(34-21-19-17-15-13-11-9-7-2)35-32-47-44(50)27-22-37(3)41-25-26-42-40-24-23-38-36-39(49)28-30-45(38,4)43(40)29-31-46(41,42)5/h23,37,39-43,49H,6-22,24-36H2,1-5H3,(H,47,50)/t37-,39+,40+,41-,42+,43+,45+,46-/m1/s1. The van der Waals surface area contributed by atoms with Crippen LogP contribution >= 0.6 is 0 Å². The van der Waals surface area contributed by atoms with E-state index in [1.165, 1.54) is 154 Å². The van der Waals surface area contributed by atoms with Crippen LogP contribution in [0.15, 0.2) is 11.6 Å². The van der Waals surface area contributed by atoms with Crippen molar-refractivity contribution in [2.75, 3.05) is 26.2 Å². The van der Waals surface area contributed by atoms with Gasteiger partial charge in [0.1, 0.15) is 0 Å². The second kappa shape index (κ2) is 21.7. The van der Waals surface area contributed by atoms with Crippen LogP contribution in [0.2, 0.25) is 0 Å². The average molecular weight is 697 g/mol. The van der Waals surface area contributed by atoms with Crippen LogP contribution in [0.1, 0.15) is 202 Å². The lowest BCUT2D eigenvalue weighted by Crippen LogP contribution is -2.50. The molecule has 8 atom stereocenters. The average Bonchev–Trinajstić information content (AvgIpc) is 3.46. The van der Waals surface area contributed by atoms with Gasteiger partial charge in [0.25, 0.3) is 0 Å². The number of allylic oxidation sites excluding steroid dienone is 1. The summed E-state index contributed by atoms with van der Waals surface area (Å²) >= 11 is 0. The Morgan fingerprint density at radius 3 is 2.02 bits per heavy atom. The van der Waals surface area contributed by atoms with Gasteiger partial charge < -0.3 is 15.3 Å². The third kappa shape index (κ3) is 11.8. The third-order valence-corrected chi connectivity index (χ3v) is 15.1. The van der Waals surface area contributed by atoms with Crippen molar-refractivity contribution >= 4 is 5.91 Å². The number of carbonyl (C=O) groups is 1. The van der Waals surface area contributed by atoms with E-state index < -0.39 is 0 Å². The molecule has 0 aromatic rings. The molecule has 0 aliphatic heterocycles. The summed E-state index contributed by atoms with van der Waals surface area (Å²) in [4.78, 5) is 15.8. The number of nitrogens with zero attached hydrogens (tertiary/aromatic N) is 1. The molecule has 4 rings (SSSR count). The quantitative estimate of drug-likeness (QED) is 0.0738. The molecule has 3 saturated carbocycles. The number of hydrogen-bond acceptors (Lipinski definition) is 3. The SMILES string of the molecule is CCCCCCCCCCN(CCCCCCCCCC)CCNC(=O)CC[C@@H](C)[C@H]1CC[C@H]2[C@@H]3CC=C4C[C@@H](O)CC[C@]4(C)[C@H]3CC[C@]12C. The third-order valence-electron chi connectivity index (χ3n) is 15.1. The zero-order chi connectivity index (χ0) is 35.8. The van der Waals surface area contributed by atoms with Crippen molar-refractivity contribution < 1.29 is 9.90 Å². The summed E-state index contributed by atoms with van der Waals surface area (Å²) in [5, 5.41) is 13.7. The minimum Gasteiger partial charge on any atom is -0.393 e. The fourth-order valence-corrected chi connectivity index (χ4v) is 11.9. The van der Waals surface area contributed by atoms with E-state index in [1.807, 2.05) is 0 Å². The van der Waals surface area contributed by atoms with Gasteiger partial charge in [-0.25, -0.2) is 0 Å². The van der Waals surface area contributed by atoms with Crippen LogP contribution in [-0.2, 0) is 4.79 Å². The van der Waals surface area contributed by atoms with Crippen LogP contribution in [0.4, 0.5) is 0 Å². The van der Waals surface area contributed by atoms with Crippen molar-refractivity contribution in [2.45, 2.75) is 208 Å². The predicted molar refractivity (Wildman–Crippen MR) is 214 cm³/mol. The molecule has 0 aromatic carbocycles. The molecular weight excluding hydrogens is 613 g/mol. The van der Waals surface area contributed by atoms with Gasteiger partial charge in [0.05, 0.1) is 6.10 Å². The number of fused-ring (bicyclic) bond motifs is 5. The summed E-state index contributed by atoms with van der Waals surface area (Å²) < 4.78 is 0. The second-order valence-corrected chi connectivity index (χ2v) is 18.5. The zero-order valence-electron chi connectivity index (χ0n) is 34.1. The van der Waals surface area contributed by atoms with Crippen LogP contribution in [0, 0.1) is 40.4 Å². The first-order chi connectivity index (χ1) is 24.2. The minimum absolute atomic E-state index is 0.119. The highest BCUT2D eigenvalue weighted by Gasteiger charge is 2.59. The molecule has 0 heterocycles. The number of unbranched alkanes of at least 4 members (excludes halogenated alkanes) is 14. The Labute approximate surface area is 311 Å². The van der Waals surface area contributed by atoms with Crippen molar-refractivity contribution in [1.29, 1.82) is 0 Å². The van der Waals surface area contributed by atoms with Crippen molar-refractivity contribution in [3.8, 4) is 0 Å². The van der Waals surface area contributed by atoms with E-state index in [0.717, 1.165) is 56.0 Å². The van der Waals surface area contributed by atoms with E-state index in [-0.39, 0.29) is 12.0 Å². The molecule has 0 bridgehead atoms. The van der Waals surface area contributed by atoms with Gasteiger partial charge in [0, 0.05) is 19.5 Å². The first-order valence-electron chi connectivity index (χ1n) is 22.6. The van der Waals surface area contributed by atoms with E-state index >= 15 is 0 Å². The molecular formula is C46H84N2O2. The normalized spacial score (nSPS) is 31.2. The number of carbonyl (C=O) groups excluding carboxylic acids is 1. The molecule has 3 fully saturated rings. The predicted octanol–water partition coefficient (Wildman–Crippen LogP) is 12.0. The Hall–Kier alpha value is -0.870. The first-order valence-corrected chi connectivity index (χ1v) is 22.6. The number of aliphatic hydroxyl groups excluding tert-OH is 1. The molecule has 50 heavy (non-hydrogen) atoms. The maximum atomic E-state index is 13.1. The van der Waals surface area contributed by atoms with E-state index in [0.29, 0.717) is 23.2 Å². The summed E-state index contributed by atoms with van der Waals surface area (Å²) in [7, 11) is 0. The largest absolute Gasteiger partial charge is 0.393 e. The van der Waals surface area contributed by atoms with Crippen molar-refractivity contribution in [1.82, 2.24) is 10.2 Å². The van der Waals surface area contributed by atoms with Gasteiger partial charge in [0.15, 0.2) is 0 Å².